The van der Waals surface area contributed by atoms with Gasteiger partial charge in [0, 0.05) is 11.9 Å². The van der Waals surface area contributed by atoms with Gasteiger partial charge < -0.3 is 19.1 Å². The molecule has 2 unspecified atom stereocenters. The van der Waals surface area contributed by atoms with Gasteiger partial charge in [-0.05, 0) is 6.92 Å². The van der Waals surface area contributed by atoms with Crippen LogP contribution in [0.15, 0.2) is 6.07 Å². The lowest BCUT2D eigenvalue weighted by Gasteiger charge is -2.37. The Hall–Kier alpha value is -1.08. The lowest BCUT2D eigenvalue weighted by atomic mass is 10.2. The van der Waals surface area contributed by atoms with E-state index >= 15 is 0 Å². The van der Waals surface area contributed by atoms with Crippen LogP contribution in [0.2, 0.25) is 0 Å². The van der Waals surface area contributed by atoms with Gasteiger partial charge in [-0.2, -0.15) is 9.97 Å². The molecule has 0 radical (unpaired) electrons. The maximum Gasteiger partial charge on any atom is 0.232 e. The average molecular weight is 332 g/mol. The van der Waals surface area contributed by atoms with E-state index in [1.807, 2.05) is 0 Å². The molecule has 0 N–H and O–H groups in total. The second-order valence-corrected chi connectivity index (χ2v) is 5.01. The molecule has 0 saturated carbocycles. The molecule has 1 saturated heterocycles. The number of morpholine rings is 1. The Bertz CT molecular complexity index is 410. The lowest BCUT2D eigenvalue weighted by Crippen LogP contribution is -2.49. The fraction of sp³-hybridized carbons (Fsp3) is 0.667. The first kappa shape index (κ1) is 14.3. The van der Waals surface area contributed by atoms with Crippen molar-refractivity contribution >= 4 is 21.9 Å². The minimum Gasteiger partial charge on any atom is -0.481 e. The van der Waals surface area contributed by atoms with Crippen molar-refractivity contribution in [2.24, 2.45) is 0 Å². The van der Waals surface area contributed by atoms with Crippen LogP contribution in [-0.4, -0.2) is 54.8 Å². The van der Waals surface area contributed by atoms with Crippen molar-refractivity contribution in [1.29, 1.82) is 0 Å². The van der Waals surface area contributed by atoms with Crippen molar-refractivity contribution < 1.29 is 14.2 Å². The smallest absolute Gasteiger partial charge is 0.232 e. The third-order valence-corrected chi connectivity index (χ3v) is 3.74. The predicted octanol–water partition coefficient (Wildman–Crippen LogP) is 1.48. The molecule has 1 aromatic rings. The second-order valence-electron chi connectivity index (χ2n) is 4.36. The number of alkyl halides is 1. The Balaban J connectivity index is 2.27. The summed E-state index contributed by atoms with van der Waals surface area (Å²) in [5.41, 5.74) is 0. The van der Waals surface area contributed by atoms with Gasteiger partial charge in [0.05, 0.1) is 39.0 Å². The van der Waals surface area contributed by atoms with Crippen molar-refractivity contribution in [3.8, 4) is 11.8 Å². The highest BCUT2D eigenvalue weighted by molar-refractivity contribution is 9.09. The Labute approximate surface area is 121 Å². The van der Waals surface area contributed by atoms with E-state index < -0.39 is 0 Å². The molecule has 0 aromatic carbocycles. The summed E-state index contributed by atoms with van der Waals surface area (Å²) in [5, 5.41) is 0.789. The van der Waals surface area contributed by atoms with Gasteiger partial charge in [0.25, 0.3) is 0 Å². The monoisotopic (exact) mass is 331 g/mol. The zero-order valence-corrected chi connectivity index (χ0v) is 12.9. The van der Waals surface area contributed by atoms with E-state index in [0.717, 1.165) is 11.9 Å². The summed E-state index contributed by atoms with van der Waals surface area (Å²) in [4.78, 5) is 10.9. The van der Waals surface area contributed by atoms with E-state index in [1.165, 1.54) is 0 Å². The van der Waals surface area contributed by atoms with Crippen molar-refractivity contribution in [1.82, 2.24) is 9.97 Å². The van der Waals surface area contributed by atoms with Crippen LogP contribution in [0.1, 0.15) is 6.92 Å². The minimum absolute atomic E-state index is 0.136. The fourth-order valence-corrected chi connectivity index (χ4v) is 2.31. The summed E-state index contributed by atoms with van der Waals surface area (Å²) in [5.74, 6) is 1.60. The number of ether oxygens (including phenoxy) is 3. The maximum atomic E-state index is 5.70. The van der Waals surface area contributed by atoms with Gasteiger partial charge in [-0.3, -0.25) is 0 Å². The molecule has 19 heavy (non-hydrogen) atoms. The summed E-state index contributed by atoms with van der Waals surface area (Å²) in [6.45, 7) is 3.47. The number of hydrogen-bond acceptors (Lipinski definition) is 6. The molecule has 2 heterocycles. The van der Waals surface area contributed by atoms with Crippen LogP contribution in [0, 0.1) is 0 Å². The number of methoxy groups -OCH3 is 2. The SMILES string of the molecule is COc1cc(OC)nc(N2CC(CBr)OCC2C)n1. The van der Waals surface area contributed by atoms with E-state index in [-0.39, 0.29) is 12.1 Å². The molecule has 0 spiro atoms. The highest BCUT2D eigenvalue weighted by Crippen LogP contribution is 2.24. The van der Waals surface area contributed by atoms with Crippen LogP contribution < -0.4 is 14.4 Å². The van der Waals surface area contributed by atoms with Gasteiger partial charge in [0.2, 0.25) is 17.7 Å². The molecular weight excluding hydrogens is 314 g/mol. The Morgan fingerprint density at radius 2 is 2.00 bits per heavy atom. The largest absolute Gasteiger partial charge is 0.481 e. The van der Waals surface area contributed by atoms with Crippen molar-refractivity contribution in [2.75, 3.05) is 37.6 Å². The van der Waals surface area contributed by atoms with Gasteiger partial charge in [-0.1, -0.05) is 15.9 Å². The molecule has 2 atom stereocenters. The zero-order chi connectivity index (χ0) is 13.8. The molecule has 2 rings (SSSR count). The van der Waals surface area contributed by atoms with Crippen LogP contribution >= 0.6 is 15.9 Å². The Morgan fingerprint density at radius 1 is 1.37 bits per heavy atom. The lowest BCUT2D eigenvalue weighted by molar-refractivity contribution is 0.0372. The molecule has 6 nitrogen and oxygen atoms in total. The van der Waals surface area contributed by atoms with Crippen LogP contribution in [-0.2, 0) is 4.74 Å². The molecule has 106 valence electrons. The number of aromatic nitrogens is 2. The third kappa shape index (κ3) is 3.27. The van der Waals surface area contributed by atoms with Gasteiger partial charge in [-0.25, -0.2) is 0 Å². The first-order valence-electron chi connectivity index (χ1n) is 6.09. The summed E-state index contributed by atoms with van der Waals surface area (Å²) >= 11 is 3.45. The van der Waals surface area contributed by atoms with Gasteiger partial charge in [-0.15, -0.1) is 0 Å². The van der Waals surface area contributed by atoms with E-state index in [1.54, 1.807) is 20.3 Å². The summed E-state index contributed by atoms with van der Waals surface area (Å²) in [6, 6.07) is 1.88. The normalized spacial score (nSPS) is 23.3. The van der Waals surface area contributed by atoms with Crippen molar-refractivity contribution in [3.63, 3.8) is 0 Å². The molecule has 1 aliphatic rings. The highest BCUT2D eigenvalue weighted by atomic mass is 79.9. The molecule has 1 aromatic heterocycles. The molecule has 1 fully saturated rings. The van der Waals surface area contributed by atoms with Crippen LogP contribution in [0.5, 0.6) is 11.8 Å². The van der Waals surface area contributed by atoms with Crippen LogP contribution in [0.25, 0.3) is 0 Å². The van der Waals surface area contributed by atoms with E-state index in [9.17, 15) is 0 Å². The first-order valence-corrected chi connectivity index (χ1v) is 7.21. The van der Waals surface area contributed by atoms with Gasteiger partial charge in [0.15, 0.2) is 0 Å². The number of nitrogens with zero attached hydrogens (tertiary/aromatic N) is 3. The molecule has 0 aliphatic carbocycles. The topological polar surface area (TPSA) is 56.7 Å². The third-order valence-electron chi connectivity index (χ3n) is 3.02. The highest BCUT2D eigenvalue weighted by Gasteiger charge is 2.28. The quantitative estimate of drug-likeness (QED) is 0.779. The summed E-state index contributed by atoms with van der Waals surface area (Å²) in [6.07, 6.45) is 0.136. The van der Waals surface area contributed by atoms with Crippen LogP contribution in [0.3, 0.4) is 0 Å². The van der Waals surface area contributed by atoms with Crippen LogP contribution in [0.4, 0.5) is 5.95 Å². The van der Waals surface area contributed by atoms with Gasteiger partial charge >= 0.3 is 0 Å². The fourth-order valence-electron chi connectivity index (χ4n) is 1.92. The summed E-state index contributed by atoms with van der Waals surface area (Å²) < 4.78 is 16.1. The van der Waals surface area contributed by atoms with Crippen molar-refractivity contribution in [3.05, 3.63) is 6.07 Å². The number of anilines is 1. The Morgan fingerprint density at radius 3 is 2.53 bits per heavy atom. The summed E-state index contributed by atoms with van der Waals surface area (Å²) in [7, 11) is 3.16. The standard InChI is InChI=1S/C12H18BrN3O3/c1-8-7-19-9(5-13)6-16(8)12-14-10(17-2)4-11(15-12)18-3/h4,8-9H,5-7H2,1-3H3. The Kier molecular flexibility index (Phi) is 4.81. The number of hydrogen-bond donors (Lipinski definition) is 0. The molecular formula is C12H18BrN3O3. The second kappa shape index (κ2) is 6.38. The van der Waals surface area contributed by atoms with E-state index in [2.05, 4.69) is 37.7 Å². The average Bonchev–Trinajstić information content (AvgIpc) is 2.47. The molecule has 0 amide bonds. The molecule has 0 bridgehead atoms. The first-order chi connectivity index (χ1) is 9.17. The number of halogens is 1. The van der Waals surface area contributed by atoms with E-state index in [4.69, 9.17) is 14.2 Å². The molecule has 7 heteroatoms. The molecule has 1 aliphatic heterocycles. The number of rotatable bonds is 4. The van der Waals surface area contributed by atoms with Gasteiger partial charge in [0.1, 0.15) is 0 Å². The minimum atomic E-state index is 0.136. The predicted molar refractivity (Wildman–Crippen MR) is 75.5 cm³/mol. The van der Waals surface area contributed by atoms with Crippen molar-refractivity contribution in [2.45, 2.75) is 19.1 Å². The van der Waals surface area contributed by atoms with E-state index in [0.29, 0.717) is 24.3 Å². The zero-order valence-electron chi connectivity index (χ0n) is 11.3. The maximum absolute atomic E-state index is 5.70.